The number of β-lactam (4-membered cyclic amide) rings is 1. The first-order chi connectivity index (χ1) is 17.7. The lowest BCUT2D eigenvalue weighted by molar-refractivity contribution is -0.159. The van der Waals surface area contributed by atoms with Gasteiger partial charge in [-0.2, -0.15) is 8.78 Å². The van der Waals surface area contributed by atoms with Crippen molar-refractivity contribution in [3.8, 4) is 0 Å². The van der Waals surface area contributed by atoms with Crippen molar-refractivity contribution in [2.75, 3.05) is 25.9 Å². The molecule has 0 saturated carbocycles. The molecule has 4 aliphatic rings. The molecular formula is C22H31F2N5O7S2. The molecule has 4 N–H and O–H groups in total. The van der Waals surface area contributed by atoms with E-state index in [1.807, 2.05) is 0 Å². The highest BCUT2D eigenvalue weighted by molar-refractivity contribution is 8.03. The van der Waals surface area contributed by atoms with E-state index >= 15 is 0 Å². The summed E-state index contributed by atoms with van der Waals surface area (Å²) in [6.45, 7) is 4.33. The molecule has 4 aliphatic heterocycles. The van der Waals surface area contributed by atoms with Gasteiger partial charge in [0.15, 0.2) is 0 Å². The fraction of sp³-hybridized carbons (Fsp3) is 0.727. The highest BCUT2D eigenvalue weighted by Gasteiger charge is 2.60. The number of fused-ring (bicyclic) bond motifs is 1. The molecule has 38 heavy (non-hydrogen) atoms. The molecule has 4 rings (SSSR count). The Morgan fingerprint density at radius 1 is 1.26 bits per heavy atom. The van der Waals surface area contributed by atoms with Crippen LogP contribution in [0.15, 0.2) is 10.6 Å². The second-order valence-electron chi connectivity index (χ2n) is 10.2. The average Bonchev–Trinajstić information content (AvgIpc) is 3.51. The summed E-state index contributed by atoms with van der Waals surface area (Å²) in [5.74, 6) is -4.70. The van der Waals surface area contributed by atoms with E-state index in [-0.39, 0.29) is 29.4 Å². The highest BCUT2D eigenvalue weighted by atomic mass is 32.2. The van der Waals surface area contributed by atoms with Crippen molar-refractivity contribution in [1.82, 2.24) is 25.2 Å². The predicted molar refractivity (Wildman–Crippen MR) is 132 cm³/mol. The van der Waals surface area contributed by atoms with Gasteiger partial charge in [0.25, 0.3) is 5.91 Å². The van der Waals surface area contributed by atoms with Crippen LogP contribution < -0.4 is 15.4 Å². The Morgan fingerprint density at radius 2 is 1.95 bits per heavy atom. The van der Waals surface area contributed by atoms with Gasteiger partial charge in [-0.15, -0.1) is 11.8 Å². The Kier molecular flexibility index (Phi) is 8.08. The van der Waals surface area contributed by atoms with E-state index in [9.17, 15) is 41.5 Å². The van der Waals surface area contributed by atoms with Crippen molar-refractivity contribution in [2.24, 2.45) is 11.8 Å². The maximum atomic E-state index is 13.0. The number of thioether (sulfide) groups is 1. The topological polar surface area (TPSA) is 165 Å². The van der Waals surface area contributed by atoms with E-state index in [0.29, 0.717) is 30.8 Å². The minimum Gasteiger partial charge on any atom is -0.477 e. The van der Waals surface area contributed by atoms with Gasteiger partial charge in [0.1, 0.15) is 5.70 Å². The zero-order valence-corrected chi connectivity index (χ0v) is 22.7. The number of carbonyl (C=O) groups is 4. The number of nitrogens with one attached hydrogen (secondary N) is 3. The van der Waals surface area contributed by atoms with E-state index < -0.39 is 64.2 Å². The highest BCUT2D eigenvalue weighted by Crippen LogP contribution is 2.51. The Morgan fingerprint density at radius 3 is 2.55 bits per heavy atom. The summed E-state index contributed by atoms with van der Waals surface area (Å²) in [6, 6.07) is -2.33. The van der Waals surface area contributed by atoms with Gasteiger partial charge in [-0.05, 0) is 19.8 Å². The van der Waals surface area contributed by atoms with Crippen LogP contribution in [0.4, 0.5) is 8.78 Å². The van der Waals surface area contributed by atoms with Crippen LogP contribution in [0.2, 0.25) is 0 Å². The Hall–Kier alpha value is -2.30. The molecule has 3 saturated heterocycles. The van der Waals surface area contributed by atoms with Crippen LogP contribution >= 0.6 is 11.8 Å². The lowest BCUT2D eigenvalue weighted by Crippen LogP contribution is -2.66. The fourth-order valence-electron chi connectivity index (χ4n) is 5.81. The van der Waals surface area contributed by atoms with Crippen molar-refractivity contribution in [3.63, 3.8) is 0 Å². The Labute approximate surface area is 223 Å². The molecule has 3 amide bonds. The SMILES string of the molecule is CC(NC(=O)C(F)F)[C@H]1C(=O)N2C(C(=O)O)=C(S[C@@H]3CN[C@H](C(=O)N4CC[C@H](NS(C)(=O)=O)C4)C3)[C@H](C)[C@H]12. The Balaban J connectivity index is 1.40. The van der Waals surface area contributed by atoms with Crippen LogP contribution in [0.25, 0.3) is 0 Å². The second kappa shape index (κ2) is 10.7. The van der Waals surface area contributed by atoms with Crippen molar-refractivity contribution in [1.29, 1.82) is 0 Å². The lowest BCUT2D eigenvalue weighted by atomic mass is 9.78. The number of amides is 3. The molecule has 1 unspecified atom stereocenters. The van der Waals surface area contributed by atoms with Gasteiger partial charge < -0.3 is 25.5 Å². The average molecular weight is 580 g/mol. The number of sulfonamides is 1. The summed E-state index contributed by atoms with van der Waals surface area (Å²) in [6.07, 6.45) is -1.23. The standard InChI is InChI=1S/C22H31F2N5O7S2/c1-9-15-14(10(2)26-19(30)18(23)24)21(32)29(15)16(22(33)34)17(9)37-12-6-13(25-7-12)20(31)28-5-4-11(8-28)27-38(3,35)36/h9-15,18,25,27H,4-8H2,1-3H3,(H,26,30)(H,33,34)/t9-,10?,11+,12+,13+,14-,15-/m1/s1. The number of nitrogens with zero attached hydrogens (tertiary/aromatic N) is 2. The second-order valence-corrected chi connectivity index (χ2v) is 13.3. The minimum atomic E-state index is -3.38. The first-order valence-electron chi connectivity index (χ1n) is 12.2. The molecule has 0 aromatic heterocycles. The molecule has 0 aliphatic carbocycles. The molecule has 16 heteroatoms. The number of aliphatic carboxylic acids is 1. The van der Waals surface area contributed by atoms with Crippen LogP contribution in [0.5, 0.6) is 0 Å². The van der Waals surface area contributed by atoms with Gasteiger partial charge in [0.2, 0.25) is 21.8 Å². The number of hydrogen-bond acceptors (Lipinski definition) is 8. The molecule has 3 fully saturated rings. The maximum Gasteiger partial charge on any atom is 0.353 e. The normalized spacial score (nSPS) is 32.0. The first-order valence-corrected chi connectivity index (χ1v) is 15.0. The number of rotatable bonds is 9. The fourth-order valence-corrected chi connectivity index (χ4v) is 8.09. The molecule has 7 atom stereocenters. The van der Waals surface area contributed by atoms with Gasteiger partial charge in [-0.3, -0.25) is 14.4 Å². The molecule has 212 valence electrons. The van der Waals surface area contributed by atoms with Gasteiger partial charge >= 0.3 is 12.4 Å². The Bertz CT molecular complexity index is 1170. The van der Waals surface area contributed by atoms with E-state index in [4.69, 9.17) is 0 Å². The van der Waals surface area contributed by atoms with Crippen LogP contribution in [0, 0.1) is 11.8 Å². The number of halogens is 2. The van der Waals surface area contributed by atoms with Gasteiger partial charge in [-0.1, -0.05) is 6.92 Å². The third-order valence-electron chi connectivity index (χ3n) is 7.46. The van der Waals surface area contributed by atoms with Crippen LogP contribution in [-0.4, -0.2) is 109 Å². The monoisotopic (exact) mass is 579 g/mol. The summed E-state index contributed by atoms with van der Waals surface area (Å²) < 4.78 is 50.9. The molecule has 0 spiro atoms. The molecule has 4 heterocycles. The van der Waals surface area contributed by atoms with E-state index in [1.54, 1.807) is 11.8 Å². The summed E-state index contributed by atoms with van der Waals surface area (Å²) >= 11 is 1.29. The largest absolute Gasteiger partial charge is 0.477 e. The van der Waals surface area contributed by atoms with Crippen molar-refractivity contribution < 1.29 is 41.5 Å². The lowest BCUT2D eigenvalue weighted by Gasteiger charge is -2.47. The zero-order chi connectivity index (χ0) is 28.1. The molecule has 0 bridgehead atoms. The zero-order valence-electron chi connectivity index (χ0n) is 21.0. The van der Waals surface area contributed by atoms with Crippen molar-refractivity contribution in [2.45, 2.75) is 62.5 Å². The van der Waals surface area contributed by atoms with Gasteiger partial charge in [0, 0.05) is 47.8 Å². The van der Waals surface area contributed by atoms with E-state index in [1.165, 1.54) is 23.6 Å². The molecule has 0 radical (unpaired) electrons. The molecule has 0 aromatic rings. The predicted octanol–water partition coefficient (Wildman–Crippen LogP) is -0.857. The molecular weight excluding hydrogens is 548 g/mol. The number of carbonyl (C=O) groups excluding carboxylic acids is 3. The number of likely N-dealkylation sites (tertiary alicyclic amines) is 1. The number of carboxylic acid groups (broad SMARTS) is 1. The molecule has 0 aromatic carbocycles. The number of carboxylic acids is 1. The van der Waals surface area contributed by atoms with E-state index in [0.717, 1.165) is 6.26 Å². The van der Waals surface area contributed by atoms with Crippen LogP contribution in [0.3, 0.4) is 0 Å². The summed E-state index contributed by atoms with van der Waals surface area (Å²) in [5, 5.41) is 15.0. The van der Waals surface area contributed by atoms with Crippen LogP contribution in [-0.2, 0) is 29.2 Å². The maximum absolute atomic E-state index is 13.0. The van der Waals surface area contributed by atoms with Crippen molar-refractivity contribution >= 4 is 45.5 Å². The number of alkyl halides is 2. The third kappa shape index (κ3) is 5.53. The van der Waals surface area contributed by atoms with E-state index in [2.05, 4.69) is 15.4 Å². The van der Waals surface area contributed by atoms with Gasteiger partial charge in [-0.25, -0.2) is 17.9 Å². The van der Waals surface area contributed by atoms with Gasteiger partial charge in [0.05, 0.1) is 24.3 Å². The van der Waals surface area contributed by atoms with Crippen LogP contribution in [0.1, 0.15) is 26.7 Å². The number of hydrogen-bond donors (Lipinski definition) is 4. The first kappa shape index (κ1) is 28.7. The van der Waals surface area contributed by atoms with Crippen molar-refractivity contribution in [3.05, 3.63) is 10.6 Å². The summed E-state index contributed by atoms with van der Waals surface area (Å²) in [4.78, 5) is 52.7. The quantitative estimate of drug-likeness (QED) is 0.255. The smallest absolute Gasteiger partial charge is 0.353 e. The summed E-state index contributed by atoms with van der Waals surface area (Å²) in [7, 11) is -3.38. The summed E-state index contributed by atoms with van der Waals surface area (Å²) in [5.41, 5.74) is -0.148. The molecule has 12 nitrogen and oxygen atoms in total. The third-order valence-corrected chi connectivity index (χ3v) is 9.73. The minimum absolute atomic E-state index is 0.148.